The average Bonchev–Trinajstić information content (AvgIpc) is 2.26. The first kappa shape index (κ1) is 11.3. The van der Waals surface area contributed by atoms with Crippen molar-refractivity contribution in [3.8, 4) is 6.07 Å². The Balaban J connectivity index is 2.94. The summed E-state index contributed by atoms with van der Waals surface area (Å²) < 4.78 is 0. The van der Waals surface area contributed by atoms with Crippen molar-refractivity contribution >= 4 is 5.69 Å². The summed E-state index contributed by atoms with van der Waals surface area (Å²) in [4.78, 5) is 1.90. The Hall–Kier alpha value is -1.75. The summed E-state index contributed by atoms with van der Waals surface area (Å²) in [5, 5.41) is 9.05. The molecule has 0 spiro atoms. The molecule has 0 aliphatic carbocycles. The molecule has 0 saturated carbocycles. The van der Waals surface area contributed by atoms with Crippen LogP contribution in [0.4, 0.5) is 5.69 Å². The molecule has 2 heteroatoms. The minimum Gasteiger partial charge on any atom is -0.336 e. The molecule has 0 atom stereocenters. The lowest BCUT2D eigenvalue weighted by atomic mass is 10.1. The topological polar surface area (TPSA) is 27.0 Å². The van der Waals surface area contributed by atoms with Crippen LogP contribution in [0.15, 0.2) is 42.1 Å². The molecule has 0 aliphatic rings. The smallest absolute Gasteiger partial charge is 0.117 e. The Bertz CT molecular complexity index is 371. The first-order valence-electron chi connectivity index (χ1n) is 5.06. The van der Waals surface area contributed by atoms with Crippen LogP contribution in [0.1, 0.15) is 13.8 Å². The zero-order valence-electron chi connectivity index (χ0n) is 9.44. The second-order valence-electron chi connectivity index (χ2n) is 3.80. The van der Waals surface area contributed by atoms with E-state index in [0.717, 1.165) is 5.69 Å². The molecule has 0 N–H and O–H groups in total. The number of nitriles is 1. The third-order valence-electron chi connectivity index (χ3n) is 2.11. The maximum absolute atomic E-state index is 9.05. The lowest BCUT2D eigenvalue weighted by Crippen LogP contribution is -2.15. The van der Waals surface area contributed by atoms with Crippen LogP contribution in [-0.2, 0) is 0 Å². The molecule has 1 aromatic carbocycles. The highest BCUT2D eigenvalue weighted by Crippen LogP contribution is 2.17. The zero-order chi connectivity index (χ0) is 11.3. The SMILES string of the molecule is CC(C)/C=C(\C#N)N(C)c1ccccc1. The van der Waals surface area contributed by atoms with Crippen molar-refractivity contribution in [1.29, 1.82) is 5.26 Å². The number of hydrogen-bond donors (Lipinski definition) is 0. The van der Waals surface area contributed by atoms with E-state index in [9.17, 15) is 0 Å². The summed E-state index contributed by atoms with van der Waals surface area (Å²) >= 11 is 0. The highest BCUT2D eigenvalue weighted by molar-refractivity contribution is 5.54. The third kappa shape index (κ3) is 3.14. The van der Waals surface area contributed by atoms with Crippen LogP contribution >= 0.6 is 0 Å². The van der Waals surface area contributed by atoms with E-state index in [1.54, 1.807) is 0 Å². The van der Waals surface area contributed by atoms with Crippen LogP contribution in [0.3, 0.4) is 0 Å². The average molecular weight is 200 g/mol. The second-order valence-corrected chi connectivity index (χ2v) is 3.80. The number of allylic oxidation sites excluding steroid dienone is 2. The van der Waals surface area contributed by atoms with E-state index in [2.05, 4.69) is 19.9 Å². The number of hydrogen-bond acceptors (Lipinski definition) is 2. The normalized spacial score (nSPS) is 11.3. The van der Waals surface area contributed by atoms with E-state index < -0.39 is 0 Å². The fourth-order valence-corrected chi connectivity index (χ4v) is 1.33. The van der Waals surface area contributed by atoms with Crippen molar-refractivity contribution in [2.45, 2.75) is 13.8 Å². The maximum atomic E-state index is 9.05. The van der Waals surface area contributed by atoms with Crippen molar-refractivity contribution in [2.75, 3.05) is 11.9 Å². The van der Waals surface area contributed by atoms with Crippen molar-refractivity contribution in [3.05, 3.63) is 42.1 Å². The monoisotopic (exact) mass is 200 g/mol. The molecule has 0 unspecified atom stereocenters. The Labute approximate surface area is 91.4 Å². The van der Waals surface area contributed by atoms with Crippen molar-refractivity contribution in [2.24, 2.45) is 5.92 Å². The largest absolute Gasteiger partial charge is 0.336 e. The quantitative estimate of drug-likeness (QED) is 0.701. The van der Waals surface area contributed by atoms with Gasteiger partial charge in [-0.25, -0.2) is 0 Å². The number of rotatable bonds is 3. The van der Waals surface area contributed by atoms with Gasteiger partial charge in [0.05, 0.1) is 0 Å². The van der Waals surface area contributed by atoms with Gasteiger partial charge in [0.25, 0.3) is 0 Å². The lowest BCUT2D eigenvalue weighted by Gasteiger charge is -2.18. The van der Waals surface area contributed by atoms with Gasteiger partial charge in [0, 0.05) is 12.7 Å². The van der Waals surface area contributed by atoms with Gasteiger partial charge in [0.1, 0.15) is 11.8 Å². The molecule has 0 aliphatic heterocycles. The first-order chi connectivity index (χ1) is 7.15. The van der Waals surface area contributed by atoms with Crippen molar-refractivity contribution in [3.63, 3.8) is 0 Å². The molecular formula is C13H16N2. The van der Waals surface area contributed by atoms with Gasteiger partial charge in [0.15, 0.2) is 0 Å². The van der Waals surface area contributed by atoms with E-state index in [0.29, 0.717) is 11.6 Å². The van der Waals surface area contributed by atoms with E-state index in [-0.39, 0.29) is 0 Å². The maximum Gasteiger partial charge on any atom is 0.117 e. The predicted molar refractivity (Wildman–Crippen MR) is 63.4 cm³/mol. The van der Waals surface area contributed by atoms with Crippen LogP contribution in [-0.4, -0.2) is 7.05 Å². The Kier molecular flexibility index (Phi) is 3.93. The highest BCUT2D eigenvalue weighted by atomic mass is 15.1. The standard InChI is InChI=1S/C13H16N2/c1-11(2)9-13(10-14)15(3)12-7-5-4-6-8-12/h4-9,11H,1-3H3/b13-9+. The summed E-state index contributed by atoms with van der Waals surface area (Å²) in [5.74, 6) is 0.380. The molecule has 0 saturated heterocycles. The van der Waals surface area contributed by atoms with Gasteiger partial charge in [-0.05, 0) is 24.1 Å². The Morgan fingerprint density at radius 3 is 2.40 bits per heavy atom. The molecule has 15 heavy (non-hydrogen) atoms. The second kappa shape index (κ2) is 5.21. The molecular weight excluding hydrogens is 184 g/mol. The molecule has 78 valence electrons. The molecule has 0 bridgehead atoms. The van der Waals surface area contributed by atoms with Crippen LogP contribution in [0.2, 0.25) is 0 Å². The molecule has 1 aromatic rings. The fourth-order valence-electron chi connectivity index (χ4n) is 1.33. The van der Waals surface area contributed by atoms with E-state index >= 15 is 0 Å². The van der Waals surface area contributed by atoms with Gasteiger partial charge in [0.2, 0.25) is 0 Å². The van der Waals surface area contributed by atoms with Gasteiger partial charge in [-0.3, -0.25) is 0 Å². The minimum atomic E-state index is 0.380. The Morgan fingerprint density at radius 2 is 1.93 bits per heavy atom. The van der Waals surface area contributed by atoms with E-state index in [1.165, 1.54) is 0 Å². The number of anilines is 1. The van der Waals surface area contributed by atoms with Gasteiger partial charge in [-0.2, -0.15) is 5.26 Å². The summed E-state index contributed by atoms with van der Waals surface area (Å²) in [6, 6.07) is 12.1. The molecule has 0 aromatic heterocycles. The zero-order valence-corrected chi connectivity index (χ0v) is 9.44. The Morgan fingerprint density at radius 1 is 1.33 bits per heavy atom. The van der Waals surface area contributed by atoms with Crippen LogP contribution in [0.25, 0.3) is 0 Å². The minimum absolute atomic E-state index is 0.380. The number of benzene rings is 1. The van der Waals surface area contributed by atoms with Gasteiger partial charge >= 0.3 is 0 Å². The predicted octanol–water partition coefficient (Wildman–Crippen LogP) is 3.19. The highest BCUT2D eigenvalue weighted by Gasteiger charge is 2.05. The summed E-state index contributed by atoms with van der Waals surface area (Å²) in [7, 11) is 1.91. The first-order valence-corrected chi connectivity index (χ1v) is 5.06. The molecule has 0 radical (unpaired) electrons. The molecule has 2 nitrogen and oxygen atoms in total. The van der Waals surface area contributed by atoms with Crippen molar-refractivity contribution < 1.29 is 0 Å². The number of para-hydroxylation sites is 1. The number of nitrogens with zero attached hydrogens (tertiary/aromatic N) is 2. The van der Waals surface area contributed by atoms with Gasteiger partial charge < -0.3 is 4.90 Å². The lowest BCUT2D eigenvalue weighted by molar-refractivity contribution is 0.820. The third-order valence-corrected chi connectivity index (χ3v) is 2.11. The summed E-state index contributed by atoms with van der Waals surface area (Å²) in [5.41, 5.74) is 1.72. The van der Waals surface area contributed by atoms with Crippen LogP contribution in [0, 0.1) is 17.2 Å². The van der Waals surface area contributed by atoms with Crippen LogP contribution in [0.5, 0.6) is 0 Å². The summed E-state index contributed by atoms with van der Waals surface area (Å²) in [6.07, 6.45) is 1.97. The van der Waals surface area contributed by atoms with Crippen molar-refractivity contribution in [1.82, 2.24) is 0 Å². The van der Waals surface area contributed by atoms with E-state index in [4.69, 9.17) is 5.26 Å². The van der Waals surface area contributed by atoms with Crippen LogP contribution < -0.4 is 4.90 Å². The van der Waals surface area contributed by atoms with Gasteiger partial charge in [-0.1, -0.05) is 32.0 Å². The van der Waals surface area contributed by atoms with E-state index in [1.807, 2.05) is 48.4 Å². The molecule has 1 rings (SSSR count). The summed E-state index contributed by atoms with van der Waals surface area (Å²) in [6.45, 7) is 4.13. The molecule has 0 fully saturated rings. The van der Waals surface area contributed by atoms with Gasteiger partial charge in [-0.15, -0.1) is 0 Å². The molecule has 0 heterocycles. The molecule has 0 amide bonds. The fraction of sp³-hybridized carbons (Fsp3) is 0.308.